The molecule has 3 N–H and O–H groups in total. The van der Waals surface area contributed by atoms with E-state index >= 15 is 0 Å². The molecule has 18 heavy (non-hydrogen) atoms. The molecule has 2 aromatic carbocycles. The van der Waals surface area contributed by atoms with Crippen LogP contribution in [-0.4, -0.2) is 17.0 Å². The second-order valence-corrected chi connectivity index (χ2v) is 3.83. The minimum absolute atomic E-state index is 0.227. The summed E-state index contributed by atoms with van der Waals surface area (Å²) in [4.78, 5) is 21.8. The fourth-order valence-electron chi connectivity index (χ4n) is 1.66. The molecule has 4 heteroatoms. The van der Waals surface area contributed by atoms with Crippen molar-refractivity contribution in [3.8, 4) is 11.1 Å². The summed E-state index contributed by atoms with van der Waals surface area (Å²) in [6.07, 6.45) is 0. The maximum atomic E-state index is 11.1. The van der Waals surface area contributed by atoms with Crippen molar-refractivity contribution < 1.29 is 14.7 Å². The third-order valence-electron chi connectivity index (χ3n) is 2.61. The number of primary amides is 1. The number of amides is 1. The van der Waals surface area contributed by atoms with Crippen LogP contribution in [0.25, 0.3) is 11.1 Å². The van der Waals surface area contributed by atoms with Crippen molar-refractivity contribution >= 4 is 11.9 Å². The smallest absolute Gasteiger partial charge is 0.335 e. The van der Waals surface area contributed by atoms with E-state index in [0.29, 0.717) is 5.56 Å². The summed E-state index contributed by atoms with van der Waals surface area (Å²) >= 11 is 0. The van der Waals surface area contributed by atoms with E-state index in [2.05, 4.69) is 0 Å². The molecule has 2 aromatic rings. The highest BCUT2D eigenvalue weighted by atomic mass is 16.4. The molecule has 0 aromatic heterocycles. The van der Waals surface area contributed by atoms with Gasteiger partial charge in [-0.2, -0.15) is 0 Å². The highest BCUT2D eigenvalue weighted by Gasteiger charge is 2.05. The largest absolute Gasteiger partial charge is 0.478 e. The van der Waals surface area contributed by atoms with Gasteiger partial charge < -0.3 is 10.8 Å². The van der Waals surface area contributed by atoms with Gasteiger partial charge in [0.1, 0.15) is 0 Å². The molecule has 0 saturated carbocycles. The first-order valence-electron chi connectivity index (χ1n) is 5.31. The van der Waals surface area contributed by atoms with Crippen molar-refractivity contribution in [1.29, 1.82) is 0 Å². The van der Waals surface area contributed by atoms with Crippen LogP contribution in [0, 0.1) is 0 Å². The van der Waals surface area contributed by atoms with E-state index < -0.39 is 11.9 Å². The molecular formula is C14H11NO3. The van der Waals surface area contributed by atoms with Crippen LogP contribution in [0.1, 0.15) is 20.7 Å². The van der Waals surface area contributed by atoms with Crippen LogP contribution in [0.5, 0.6) is 0 Å². The van der Waals surface area contributed by atoms with Crippen molar-refractivity contribution in [2.24, 2.45) is 5.73 Å². The third kappa shape index (κ3) is 2.38. The summed E-state index contributed by atoms with van der Waals surface area (Å²) in [5.74, 6) is -1.45. The number of hydrogen-bond acceptors (Lipinski definition) is 2. The van der Waals surface area contributed by atoms with Crippen molar-refractivity contribution in [3.63, 3.8) is 0 Å². The standard InChI is InChI=1S/C14H11NO3/c15-13(16)12-3-1-2-11(8-12)9-4-6-10(7-5-9)14(17)18/h1-8H,(H2,15,16)(H,17,18). The predicted octanol–water partition coefficient (Wildman–Crippen LogP) is 2.15. The Morgan fingerprint density at radius 2 is 1.56 bits per heavy atom. The van der Waals surface area contributed by atoms with Gasteiger partial charge in [-0.25, -0.2) is 4.79 Å². The van der Waals surface area contributed by atoms with Gasteiger partial charge in [0.05, 0.1) is 5.56 Å². The van der Waals surface area contributed by atoms with Crippen LogP contribution >= 0.6 is 0 Å². The normalized spacial score (nSPS) is 10.0. The molecule has 90 valence electrons. The van der Waals surface area contributed by atoms with Crippen molar-refractivity contribution in [2.45, 2.75) is 0 Å². The lowest BCUT2D eigenvalue weighted by Crippen LogP contribution is -2.10. The number of aromatic carboxylic acids is 1. The predicted molar refractivity (Wildman–Crippen MR) is 67.4 cm³/mol. The second kappa shape index (κ2) is 4.71. The fourth-order valence-corrected chi connectivity index (χ4v) is 1.66. The van der Waals surface area contributed by atoms with Crippen LogP contribution in [-0.2, 0) is 0 Å². The summed E-state index contributed by atoms with van der Waals surface area (Å²) < 4.78 is 0. The Morgan fingerprint density at radius 1 is 0.889 bits per heavy atom. The maximum absolute atomic E-state index is 11.1. The van der Waals surface area contributed by atoms with E-state index in [4.69, 9.17) is 10.8 Å². The summed E-state index contributed by atoms with van der Waals surface area (Å²) in [7, 11) is 0. The number of nitrogens with two attached hydrogens (primary N) is 1. The van der Waals surface area contributed by atoms with Crippen molar-refractivity contribution in [1.82, 2.24) is 0 Å². The topological polar surface area (TPSA) is 80.4 Å². The zero-order chi connectivity index (χ0) is 13.1. The Hall–Kier alpha value is -2.62. The molecule has 0 atom stereocenters. The number of carboxylic acid groups (broad SMARTS) is 1. The molecule has 0 radical (unpaired) electrons. The molecule has 4 nitrogen and oxygen atoms in total. The average Bonchev–Trinajstić information content (AvgIpc) is 2.39. The van der Waals surface area contributed by atoms with E-state index in [0.717, 1.165) is 11.1 Å². The zero-order valence-electron chi connectivity index (χ0n) is 9.46. The lowest BCUT2D eigenvalue weighted by atomic mass is 10.0. The van der Waals surface area contributed by atoms with Crippen LogP contribution in [0.4, 0.5) is 0 Å². The number of carboxylic acids is 1. The van der Waals surface area contributed by atoms with E-state index in [-0.39, 0.29) is 5.56 Å². The Morgan fingerprint density at radius 3 is 2.11 bits per heavy atom. The molecule has 0 aliphatic rings. The molecule has 0 saturated heterocycles. The first kappa shape index (κ1) is 11.9. The molecule has 0 unspecified atom stereocenters. The molecule has 0 spiro atoms. The van der Waals surface area contributed by atoms with Gasteiger partial charge in [0.15, 0.2) is 0 Å². The summed E-state index contributed by atoms with van der Waals surface area (Å²) in [6.45, 7) is 0. The fraction of sp³-hybridized carbons (Fsp3) is 0. The molecule has 0 heterocycles. The summed E-state index contributed by atoms with van der Waals surface area (Å²) in [6, 6.07) is 13.3. The Kier molecular flexibility index (Phi) is 3.10. The van der Waals surface area contributed by atoms with Gasteiger partial charge in [-0.1, -0.05) is 24.3 Å². The van der Waals surface area contributed by atoms with Gasteiger partial charge in [-0.15, -0.1) is 0 Å². The average molecular weight is 241 g/mol. The van der Waals surface area contributed by atoms with Crippen molar-refractivity contribution in [2.75, 3.05) is 0 Å². The Bertz CT molecular complexity index is 603. The first-order chi connectivity index (χ1) is 8.58. The number of carbonyl (C=O) groups is 2. The number of benzene rings is 2. The lowest BCUT2D eigenvalue weighted by Gasteiger charge is -2.04. The van der Waals surface area contributed by atoms with Gasteiger partial charge in [-0.3, -0.25) is 4.79 Å². The molecule has 2 rings (SSSR count). The van der Waals surface area contributed by atoms with Gasteiger partial charge >= 0.3 is 5.97 Å². The number of carbonyl (C=O) groups excluding carboxylic acids is 1. The first-order valence-corrected chi connectivity index (χ1v) is 5.31. The number of hydrogen-bond donors (Lipinski definition) is 2. The summed E-state index contributed by atoms with van der Waals surface area (Å²) in [5, 5.41) is 8.80. The quantitative estimate of drug-likeness (QED) is 0.863. The van der Waals surface area contributed by atoms with Gasteiger partial charge in [0, 0.05) is 5.56 Å². The Balaban J connectivity index is 2.39. The van der Waals surface area contributed by atoms with Gasteiger partial charge in [-0.05, 0) is 35.4 Å². The van der Waals surface area contributed by atoms with E-state index in [1.165, 1.54) is 12.1 Å². The van der Waals surface area contributed by atoms with Crippen LogP contribution < -0.4 is 5.73 Å². The van der Waals surface area contributed by atoms with E-state index in [1.54, 1.807) is 30.3 Å². The Labute approximate surface area is 104 Å². The summed E-state index contributed by atoms with van der Waals surface area (Å²) in [5.41, 5.74) is 7.52. The maximum Gasteiger partial charge on any atom is 0.335 e. The molecule has 0 bridgehead atoms. The second-order valence-electron chi connectivity index (χ2n) is 3.83. The third-order valence-corrected chi connectivity index (χ3v) is 2.61. The zero-order valence-corrected chi connectivity index (χ0v) is 9.46. The molecular weight excluding hydrogens is 230 g/mol. The monoisotopic (exact) mass is 241 g/mol. The molecule has 0 aliphatic carbocycles. The molecule has 0 fully saturated rings. The number of rotatable bonds is 3. The van der Waals surface area contributed by atoms with Gasteiger partial charge in [0.2, 0.25) is 5.91 Å². The highest BCUT2D eigenvalue weighted by Crippen LogP contribution is 2.20. The lowest BCUT2D eigenvalue weighted by molar-refractivity contribution is 0.0696. The van der Waals surface area contributed by atoms with Crippen molar-refractivity contribution in [3.05, 3.63) is 59.7 Å². The minimum atomic E-state index is -0.965. The van der Waals surface area contributed by atoms with Crippen LogP contribution in [0.3, 0.4) is 0 Å². The highest BCUT2D eigenvalue weighted by molar-refractivity contribution is 5.94. The van der Waals surface area contributed by atoms with E-state index in [1.807, 2.05) is 6.07 Å². The van der Waals surface area contributed by atoms with Gasteiger partial charge in [0.25, 0.3) is 0 Å². The molecule has 0 aliphatic heterocycles. The SMILES string of the molecule is NC(=O)c1cccc(-c2ccc(C(=O)O)cc2)c1. The van der Waals surface area contributed by atoms with Crippen LogP contribution in [0.2, 0.25) is 0 Å². The minimum Gasteiger partial charge on any atom is -0.478 e. The van der Waals surface area contributed by atoms with Crippen LogP contribution in [0.15, 0.2) is 48.5 Å². The van der Waals surface area contributed by atoms with E-state index in [9.17, 15) is 9.59 Å². The molecule has 1 amide bonds.